The van der Waals surface area contributed by atoms with Gasteiger partial charge >= 0.3 is 0 Å². The van der Waals surface area contributed by atoms with E-state index in [-0.39, 0.29) is 17.9 Å². The lowest BCUT2D eigenvalue weighted by Gasteiger charge is -2.21. The maximum absolute atomic E-state index is 12.5. The highest BCUT2D eigenvalue weighted by Gasteiger charge is 2.34. The second-order valence-electron chi connectivity index (χ2n) is 7.82. The maximum Gasteiger partial charge on any atom is 0.240 e. The number of carbonyl (C=O) groups excluding carboxylic acids is 1. The Kier molecular flexibility index (Phi) is 5.13. The normalized spacial score (nSPS) is 17.4. The van der Waals surface area contributed by atoms with Crippen LogP contribution in [0.3, 0.4) is 0 Å². The summed E-state index contributed by atoms with van der Waals surface area (Å²) in [7, 11) is -3.50. The Balaban J connectivity index is 1.56. The molecule has 1 atom stereocenters. The number of nitrogens with one attached hydrogen (secondary N) is 1. The van der Waals surface area contributed by atoms with Crippen LogP contribution < -0.4 is 14.2 Å². The zero-order chi connectivity index (χ0) is 23.3. The number of benzene rings is 2. The van der Waals surface area contributed by atoms with E-state index in [4.69, 9.17) is 21.1 Å². The zero-order valence-electron chi connectivity index (χ0n) is 17.7. The third kappa shape index (κ3) is 4.07. The number of pyridine rings is 1. The summed E-state index contributed by atoms with van der Waals surface area (Å²) in [6.45, 7) is 1.56. The van der Waals surface area contributed by atoms with Crippen LogP contribution in [0.4, 0.5) is 5.69 Å². The Morgan fingerprint density at radius 3 is 2.64 bits per heavy atom. The largest absolute Gasteiger partial charge is 0.454 e. The SMILES string of the molecule is CC(=O)N1N=C(c2ccccc2NS(C)(=O)=O)C[C@@H]1c1cc2cc3c(cc2nc1Cl)OCO3. The summed E-state index contributed by atoms with van der Waals surface area (Å²) in [5.41, 5.74) is 2.81. The Bertz CT molecular complexity index is 1440. The average Bonchev–Trinajstić information content (AvgIpc) is 3.37. The summed E-state index contributed by atoms with van der Waals surface area (Å²) in [5, 5.41) is 6.91. The van der Waals surface area contributed by atoms with Crippen molar-refractivity contribution in [2.45, 2.75) is 19.4 Å². The molecule has 1 N–H and O–H groups in total. The molecule has 1 aromatic heterocycles. The van der Waals surface area contributed by atoms with Gasteiger partial charge in [0.05, 0.1) is 29.2 Å². The Morgan fingerprint density at radius 2 is 1.91 bits per heavy atom. The summed E-state index contributed by atoms with van der Waals surface area (Å²) < 4.78 is 37.0. The van der Waals surface area contributed by atoms with E-state index in [1.807, 2.05) is 12.1 Å². The van der Waals surface area contributed by atoms with E-state index < -0.39 is 16.1 Å². The van der Waals surface area contributed by atoms with E-state index in [0.717, 1.165) is 11.6 Å². The van der Waals surface area contributed by atoms with Crippen molar-refractivity contribution < 1.29 is 22.7 Å². The van der Waals surface area contributed by atoms with Crippen LogP contribution in [0, 0.1) is 0 Å². The standard InChI is InChI=1S/C22H19ClN4O5S/c1-12(28)27-19(9-18(25-27)14-5-3-4-6-16(14)26-33(2,29)30)15-7-13-8-20-21(32-11-31-20)10-17(13)24-22(15)23/h3-8,10,19,26H,9,11H2,1-2H3/t19-/m1/s1. The molecule has 3 heterocycles. The minimum atomic E-state index is -3.50. The molecule has 0 aliphatic carbocycles. The Labute approximate surface area is 195 Å². The fourth-order valence-electron chi connectivity index (χ4n) is 4.02. The molecule has 0 fully saturated rings. The first-order valence-corrected chi connectivity index (χ1v) is 12.3. The van der Waals surface area contributed by atoms with Crippen molar-refractivity contribution in [3.05, 3.63) is 58.7 Å². The smallest absolute Gasteiger partial charge is 0.240 e. The van der Waals surface area contributed by atoms with Crippen LogP contribution in [-0.2, 0) is 14.8 Å². The van der Waals surface area contributed by atoms with Gasteiger partial charge in [-0.25, -0.2) is 18.4 Å². The van der Waals surface area contributed by atoms with Gasteiger partial charge in [-0.15, -0.1) is 0 Å². The number of hydrazone groups is 1. The number of fused-ring (bicyclic) bond motifs is 2. The molecule has 5 rings (SSSR count). The predicted octanol–water partition coefficient (Wildman–Crippen LogP) is 3.69. The highest BCUT2D eigenvalue weighted by Crippen LogP contribution is 2.41. The van der Waals surface area contributed by atoms with E-state index in [2.05, 4.69) is 14.8 Å². The molecule has 0 saturated heterocycles. The van der Waals surface area contributed by atoms with Crippen LogP contribution in [-0.4, -0.2) is 43.1 Å². The van der Waals surface area contributed by atoms with Crippen LogP contribution in [0.1, 0.15) is 30.5 Å². The molecule has 170 valence electrons. The Morgan fingerprint density at radius 1 is 1.18 bits per heavy atom. The van der Waals surface area contributed by atoms with E-state index in [0.29, 0.717) is 46.0 Å². The average molecular weight is 487 g/mol. The summed E-state index contributed by atoms with van der Waals surface area (Å²) in [4.78, 5) is 17.0. The molecule has 9 nitrogen and oxygen atoms in total. The van der Waals surface area contributed by atoms with E-state index in [1.165, 1.54) is 11.9 Å². The zero-order valence-corrected chi connectivity index (χ0v) is 19.3. The lowest BCUT2D eigenvalue weighted by molar-refractivity contribution is -0.130. The topological polar surface area (TPSA) is 110 Å². The van der Waals surface area contributed by atoms with Gasteiger partial charge in [-0.1, -0.05) is 29.8 Å². The molecule has 0 bridgehead atoms. The number of amides is 1. The highest BCUT2D eigenvalue weighted by molar-refractivity contribution is 7.92. The van der Waals surface area contributed by atoms with Gasteiger partial charge in [-0.3, -0.25) is 9.52 Å². The molecule has 3 aromatic rings. The first-order valence-electron chi connectivity index (χ1n) is 10.0. The van der Waals surface area contributed by atoms with Crippen molar-refractivity contribution in [1.82, 2.24) is 9.99 Å². The first-order chi connectivity index (χ1) is 15.7. The van der Waals surface area contributed by atoms with E-state index in [9.17, 15) is 13.2 Å². The third-order valence-electron chi connectivity index (χ3n) is 5.42. The quantitative estimate of drug-likeness (QED) is 0.563. The maximum atomic E-state index is 12.5. The van der Waals surface area contributed by atoms with Crippen LogP contribution >= 0.6 is 11.6 Å². The first kappa shape index (κ1) is 21.5. The number of anilines is 1. The minimum absolute atomic E-state index is 0.144. The second-order valence-corrected chi connectivity index (χ2v) is 9.92. The van der Waals surface area contributed by atoms with E-state index in [1.54, 1.807) is 30.3 Å². The van der Waals surface area contributed by atoms with Gasteiger partial charge in [-0.2, -0.15) is 5.10 Å². The van der Waals surface area contributed by atoms with Crippen LogP contribution in [0.5, 0.6) is 11.5 Å². The molecule has 11 heteroatoms. The van der Waals surface area contributed by atoms with Crippen molar-refractivity contribution in [1.29, 1.82) is 0 Å². The monoisotopic (exact) mass is 486 g/mol. The van der Waals surface area contributed by atoms with E-state index >= 15 is 0 Å². The molecule has 0 spiro atoms. The minimum Gasteiger partial charge on any atom is -0.454 e. The molecular formula is C22H19ClN4O5S. The van der Waals surface area contributed by atoms with Crippen molar-refractivity contribution >= 4 is 49.8 Å². The number of sulfonamides is 1. The molecule has 2 aromatic carbocycles. The number of rotatable bonds is 4. The molecule has 2 aliphatic heterocycles. The van der Waals surface area contributed by atoms with Crippen LogP contribution in [0.2, 0.25) is 5.15 Å². The van der Waals surface area contributed by atoms with Crippen molar-refractivity contribution in [3.8, 4) is 11.5 Å². The molecular weight excluding hydrogens is 468 g/mol. The Hall–Kier alpha value is -3.37. The second kappa shape index (κ2) is 7.89. The van der Waals surface area contributed by atoms with Gasteiger partial charge in [0.2, 0.25) is 22.7 Å². The molecule has 1 amide bonds. The van der Waals surface area contributed by atoms with Gasteiger partial charge in [0, 0.05) is 35.9 Å². The van der Waals surface area contributed by atoms with Crippen molar-refractivity contribution in [2.24, 2.45) is 5.10 Å². The van der Waals surface area contributed by atoms with Crippen molar-refractivity contribution in [2.75, 3.05) is 17.8 Å². The molecule has 2 aliphatic rings. The number of nitrogens with zero attached hydrogens (tertiary/aromatic N) is 3. The van der Waals surface area contributed by atoms with Gasteiger partial charge in [0.1, 0.15) is 5.15 Å². The molecule has 0 unspecified atom stereocenters. The fourth-order valence-corrected chi connectivity index (χ4v) is 4.87. The summed E-state index contributed by atoms with van der Waals surface area (Å²) >= 11 is 6.55. The molecule has 0 radical (unpaired) electrons. The summed E-state index contributed by atoms with van der Waals surface area (Å²) in [6, 6.07) is 11.9. The number of hydrogen-bond acceptors (Lipinski definition) is 7. The number of para-hydroxylation sites is 1. The van der Waals surface area contributed by atoms with Gasteiger partial charge < -0.3 is 9.47 Å². The summed E-state index contributed by atoms with van der Waals surface area (Å²) in [5.74, 6) is 0.946. The third-order valence-corrected chi connectivity index (χ3v) is 6.31. The number of halogens is 1. The fraction of sp³-hybridized carbons (Fsp3) is 0.227. The highest BCUT2D eigenvalue weighted by atomic mass is 35.5. The lowest BCUT2D eigenvalue weighted by atomic mass is 9.97. The van der Waals surface area contributed by atoms with Gasteiger partial charge in [-0.05, 0) is 18.2 Å². The number of aromatic nitrogens is 1. The number of hydrogen-bond donors (Lipinski definition) is 1. The number of ether oxygens (including phenoxy) is 2. The van der Waals surface area contributed by atoms with Gasteiger partial charge in [0.15, 0.2) is 11.5 Å². The predicted molar refractivity (Wildman–Crippen MR) is 124 cm³/mol. The van der Waals surface area contributed by atoms with Crippen LogP contribution in [0.25, 0.3) is 10.9 Å². The summed E-state index contributed by atoms with van der Waals surface area (Å²) in [6.07, 6.45) is 1.41. The van der Waals surface area contributed by atoms with Gasteiger partial charge in [0.25, 0.3) is 0 Å². The van der Waals surface area contributed by atoms with Crippen molar-refractivity contribution in [3.63, 3.8) is 0 Å². The number of carbonyl (C=O) groups is 1. The van der Waals surface area contributed by atoms with Crippen LogP contribution in [0.15, 0.2) is 47.6 Å². The lowest BCUT2D eigenvalue weighted by Crippen LogP contribution is -2.24. The molecule has 33 heavy (non-hydrogen) atoms. The molecule has 0 saturated carbocycles.